The molecule has 3 rings (SSSR count). The van der Waals surface area contributed by atoms with E-state index in [9.17, 15) is 13.2 Å². The van der Waals surface area contributed by atoms with Crippen molar-refractivity contribution in [3.8, 4) is 0 Å². The standard InChI is InChI=1S/C14H15F3N2O/c15-14(16,17)9-3-1-2-8(6-9)13-19-11-5-4-10(18)7-12(11)20-13/h1-3,6,10-12H,4-5,7,18H2. The Morgan fingerprint density at radius 1 is 1.25 bits per heavy atom. The topological polar surface area (TPSA) is 47.6 Å². The molecule has 2 N–H and O–H groups in total. The van der Waals surface area contributed by atoms with Crippen LogP contribution in [0.25, 0.3) is 0 Å². The average Bonchev–Trinajstić information content (AvgIpc) is 2.81. The summed E-state index contributed by atoms with van der Waals surface area (Å²) in [4.78, 5) is 4.41. The molecule has 1 aliphatic heterocycles. The fourth-order valence-electron chi connectivity index (χ4n) is 2.71. The third-order valence-electron chi connectivity index (χ3n) is 3.78. The second-order valence-corrected chi connectivity index (χ2v) is 5.31. The zero-order valence-corrected chi connectivity index (χ0v) is 10.7. The van der Waals surface area contributed by atoms with Crippen LogP contribution in [0.3, 0.4) is 0 Å². The molecule has 1 heterocycles. The molecular formula is C14H15F3N2O. The van der Waals surface area contributed by atoms with Crippen molar-refractivity contribution in [3.63, 3.8) is 0 Å². The van der Waals surface area contributed by atoms with Crippen LogP contribution in [-0.2, 0) is 10.9 Å². The van der Waals surface area contributed by atoms with Crippen LogP contribution in [0.15, 0.2) is 29.3 Å². The Morgan fingerprint density at radius 2 is 2.05 bits per heavy atom. The van der Waals surface area contributed by atoms with Gasteiger partial charge in [-0.15, -0.1) is 0 Å². The minimum absolute atomic E-state index is 0.0272. The number of hydrogen-bond acceptors (Lipinski definition) is 3. The summed E-state index contributed by atoms with van der Waals surface area (Å²) in [6.07, 6.45) is -2.04. The van der Waals surface area contributed by atoms with Gasteiger partial charge in [0.05, 0.1) is 11.6 Å². The molecule has 1 aromatic carbocycles. The number of benzene rings is 1. The van der Waals surface area contributed by atoms with E-state index >= 15 is 0 Å². The summed E-state index contributed by atoms with van der Waals surface area (Å²) in [6, 6.07) is 5.20. The van der Waals surface area contributed by atoms with Crippen molar-refractivity contribution >= 4 is 5.90 Å². The molecule has 3 atom stereocenters. The van der Waals surface area contributed by atoms with Crippen LogP contribution < -0.4 is 5.73 Å². The van der Waals surface area contributed by atoms with E-state index in [0.717, 1.165) is 25.0 Å². The highest BCUT2D eigenvalue weighted by Crippen LogP contribution is 2.32. The lowest BCUT2D eigenvalue weighted by molar-refractivity contribution is -0.137. The number of fused-ring (bicyclic) bond motifs is 1. The fraction of sp³-hybridized carbons (Fsp3) is 0.500. The molecule has 2 aliphatic rings. The molecule has 1 aromatic rings. The van der Waals surface area contributed by atoms with Crippen molar-refractivity contribution in [1.82, 2.24) is 0 Å². The first-order valence-corrected chi connectivity index (χ1v) is 6.61. The normalized spacial score (nSPS) is 29.6. The number of nitrogens with two attached hydrogens (primary N) is 1. The van der Waals surface area contributed by atoms with Gasteiger partial charge in [-0.3, -0.25) is 0 Å². The van der Waals surface area contributed by atoms with Gasteiger partial charge in [-0.25, -0.2) is 4.99 Å². The minimum Gasteiger partial charge on any atom is -0.472 e. The van der Waals surface area contributed by atoms with E-state index in [1.807, 2.05) is 0 Å². The molecule has 0 saturated heterocycles. The SMILES string of the molecule is NC1CCC2N=C(c3cccc(C(F)(F)F)c3)OC2C1. The van der Waals surface area contributed by atoms with Crippen LogP contribution in [0, 0.1) is 0 Å². The van der Waals surface area contributed by atoms with E-state index in [4.69, 9.17) is 10.5 Å². The molecule has 1 aliphatic carbocycles. The third-order valence-corrected chi connectivity index (χ3v) is 3.78. The van der Waals surface area contributed by atoms with Gasteiger partial charge in [0, 0.05) is 18.0 Å². The molecule has 20 heavy (non-hydrogen) atoms. The Balaban J connectivity index is 1.84. The van der Waals surface area contributed by atoms with Gasteiger partial charge < -0.3 is 10.5 Å². The first-order chi connectivity index (χ1) is 9.43. The Kier molecular flexibility index (Phi) is 3.20. The average molecular weight is 284 g/mol. The van der Waals surface area contributed by atoms with E-state index in [-0.39, 0.29) is 18.2 Å². The molecule has 3 unspecified atom stereocenters. The van der Waals surface area contributed by atoms with Crippen molar-refractivity contribution < 1.29 is 17.9 Å². The van der Waals surface area contributed by atoms with Crippen LogP contribution in [0.4, 0.5) is 13.2 Å². The first-order valence-electron chi connectivity index (χ1n) is 6.61. The lowest BCUT2D eigenvalue weighted by Gasteiger charge is -2.26. The number of nitrogens with zero attached hydrogens (tertiary/aromatic N) is 1. The maximum Gasteiger partial charge on any atom is 0.416 e. The van der Waals surface area contributed by atoms with Crippen LogP contribution in [0.2, 0.25) is 0 Å². The zero-order valence-electron chi connectivity index (χ0n) is 10.7. The van der Waals surface area contributed by atoms with Crippen LogP contribution >= 0.6 is 0 Å². The van der Waals surface area contributed by atoms with Gasteiger partial charge in [-0.1, -0.05) is 6.07 Å². The molecular weight excluding hydrogens is 269 g/mol. The van der Waals surface area contributed by atoms with E-state index in [2.05, 4.69) is 4.99 Å². The second kappa shape index (κ2) is 4.77. The van der Waals surface area contributed by atoms with Gasteiger partial charge in [0.15, 0.2) is 0 Å². The summed E-state index contributed by atoms with van der Waals surface area (Å²) in [5.41, 5.74) is 5.57. The summed E-state index contributed by atoms with van der Waals surface area (Å²) in [6.45, 7) is 0. The number of alkyl halides is 3. The highest BCUT2D eigenvalue weighted by atomic mass is 19.4. The predicted octanol–water partition coefficient (Wildman–Crippen LogP) is 2.73. The molecule has 0 bridgehead atoms. The zero-order chi connectivity index (χ0) is 14.3. The molecule has 6 heteroatoms. The lowest BCUT2D eigenvalue weighted by atomic mass is 9.90. The maximum atomic E-state index is 12.7. The predicted molar refractivity (Wildman–Crippen MR) is 68.5 cm³/mol. The molecule has 0 radical (unpaired) electrons. The van der Waals surface area contributed by atoms with Crippen LogP contribution in [0.5, 0.6) is 0 Å². The Labute approximate surface area is 114 Å². The van der Waals surface area contributed by atoms with Crippen molar-refractivity contribution in [2.45, 2.75) is 43.6 Å². The molecule has 1 fully saturated rings. The molecule has 0 spiro atoms. The largest absolute Gasteiger partial charge is 0.472 e. The number of aliphatic imine (C=N–C) groups is 1. The number of rotatable bonds is 1. The van der Waals surface area contributed by atoms with Crippen molar-refractivity contribution in [2.75, 3.05) is 0 Å². The Hall–Kier alpha value is -1.56. The van der Waals surface area contributed by atoms with E-state index in [1.165, 1.54) is 6.07 Å². The highest BCUT2D eigenvalue weighted by Gasteiger charge is 2.37. The smallest absolute Gasteiger partial charge is 0.416 e. The van der Waals surface area contributed by atoms with Crippen LogP contribution in [-0.4, -0.2) is 24.1 Å². The molecule has 0 aromatic heterocycles. The van der Waals surface area contributed by atoms with Gasteiger partial charge in [0.25, 0.3) is 0 Å². The molecule has 108 valence electrons. The van der Waals surface area contributed by atoms with E-state index in [0.29, 0.717) is 17.9 Å². The number of hydrogen-bond donors (Lipinski definition) is 1. The monoisotopic (exact) mass is 284 g/mol. The van der Waals surface area contributed by atoms with Crippen molar-refractivity contribution in [1.29, 1.82) is 0 Å². The van der Waals surface area contributed by atoms with Crippen molar-refractivity contribution in [2.24, 2.45) is 10.7 Å². The van der Waals surface area contributed by atoms with Gasteiger partial charge >= 0.3 is 6.18 Å². The molecule has 1 saturated carbocycles. The summed E-state index contributed by atoms with van der Waals surface area (Å²) in [5.74, 6) is 0.306. The van der Waals surface area contributed by atoms with Gasteiger partial charge in [-0.05, 0) is 31.0 Å². The van der Waals surface area contributed by atoms with Crippen molar-refractivity contribution in [3.05, 3.63) is 35.4 Å². The Bertz CT molecular complexity index is 541. The fourth-order valence-corrected chi connectivity index (χ4v) is 2.71. The van der Waals surface area contributed by atoms with Gasteiger partial charge in [-0.2, -0.15) is 13.2 Å². The van der Waals surface area contributed by atoms with Gasteiger partial charge in [0.2, 0.25) is 5.90 Å². The summed E-state index contributed by atoms with van der Waals surface area (Å²) in [5, 5.41) is 0. The maximum absolute atomic E-state index is 12.7. The highest BCUT2D eigenvalue weighted by molar-refractivity contribution is 5.95. The molecule has 3 nitrogen and oxygen atoms in total. The summed E-state index contributed by atoms with van der Waals surface area (Å²) >= 11 is 0. The first kappa shape index (κ1) is 13.4. The molecule has 0 amide bonds. The number of ether oxygens (including phenoxy) is 1. The van der Waals surface area contributed by atoms with E-state index in [1.54, 1.807) is 6.07 Å². The van der Waals surface area contributed by atoms with E-state index < -0.39 is 11.7 Å². The summed E-state index contributed by atoms with van der Waals surface area (Å²) in [7, 11) is 0. The third kappa shape index (κ3) is 2.52. The quantitative estimate of drug-likeness (QED) is 0.862. The van der Waals surface area contributed by atoms with Crippen LogP contribution in [0.1, 0.15) is 30.4 Å². The van der Waals surface area contributed by atoms with Gasteiger partial charge in [0.1, 0.15) is 6.10 Å². The minimum atomic E-state index is -4.36. The summed E-state index contributed by atoms with van der Waals surface area (Å²) < 4.78 is 43.8. The number of halogens is 3. The lowest BCUT2D eigenvalue weighted by Crippen LogP contribution is -2.37. The Morgan fingerprint density at radius 3 is 2.80 bits per heavy atom. The second-order valence-electron chi connectivity index (χ2n) is 5.31.